The molecule has 0 aliphatic rings. The lowest BCUT2D eigenvalue weighted by Gasteiger charge is -2.08. The number of carbonyl (C=O) groups is 1. The minimum atomic E-state index is -0.0952. The maximum atomic E-state index is 12.1. The summed E-state index contributed by atoms with van der Waals surface area (Å²) in [7, 11) is 0. The molecule has 21 heavy (non-hydrogen) atoms. The average Bonchev–Trinajstić information content (AvgIpc) is 2.57. The number of pyridine rings is 2. The van der Waals surface area contributed by atoms with Crippen LogP contribution >= 0.6 is 0 Å². The van der Waals surface area contributed by atoms with E-state index >= 15 is 0 Å². The summed E-state index contributed by atoms with van der Waals surface area (Å²) in [6.07, 6.45) is 5.40. The summed E-state index contributed by atoms with van der Waals surface area (Å²) in [4.78, 5) is 20.7. The fourth-order valence-electron chi connectivity index (χ4n) is 1.77. The van der Waals surface area contributed by atoms with E-state index in [2.05, 4.69) is 22.2 Å². The molecular weight excluding hydrogens is 262 g/mol. The Labute approximate surface area is 126 Å². The summed E-state index contributed by atoms with van der Waals surface area (Å²) in [5.74, 6) is -0.0952. The molecule has 112 valence electrons. The molecule has 0 saturated heterocycles. The molecule has 0 bridgehead atoms. The van der Waals surface area contributed by atoms with Gasteiger partial charge in [0.15, 0.2) is 0 Å². The van der Waals surface area contributed by atoms with Gasteiger partial charge < -0.3 is 5.32 Å². The first kappa shape index (κ1) is 16.8. The fraction of sp³-hybridized carbons (Fsp3) is 0.353. The average molecular weight is 285 g/mol. The minimum Gasteiger partial charge on any atom is -0.352 e. The Bertz CT molecular complexity index is 541. The molecule has 0 radical (unpaired) electrons. The van der Waals surface area contributed by atoms with Crippen molar-refractivity contribution in [2.45, 2.75) is 33.6 Å². The number of aromatic nitrogens is 2. The Morgan fingerprint density at radius 1 is 1.10 bits per heavy atom. The van der Waals surface area contributed by atoms with Gasteiger partial charge in [-0.05, 0) is 30.7 Å². The number of hydrogen-bond donors (Lipinski definition) is 1. The zero-order chi connectivity index (χ0) is 15.5. The monoisotopic (exact) mass is 285 g/mol. The van der Waals surface area contributed by atoms with Gasteiger partial charge in [0.1, 0.15) is 5.69 Å². The normalized spacial score (nSPS) is 9.48. The molecule has 0 atom stereocenters. The largest absolute Gasteiger partial charge is 0.352 e. The van der Waals surface area contributed by atoms with Crippen LogP contribution in [0.4, 0.5) is 0 Å². The van der Waals surface area contributed by atoms with Crippen LogP contribution in [0.5, 0.6) is 0 Å². The zero-order valence-electron chi connectivity index (χ0n) is 13.0. The quantitative estimate of drug-likeness (QED) is 0.852. The van der Waals surface area contributed by atoms with E-state index in [4.69, 9.17) is 0 Å². The van der Waals surface area contributed by atoms with Crippen LogP contribution in [-0.4, -0.2) is 22.4 Å². The van der Waals surface area contributed by atoms with Crippen LogP contribution < -0.4 is 5.32 Å². The van der Waals surface area contributed by atoms with Gasteiger partial charge in [-0.2, -0.15) is 0 Å². The standard InChI is InChI=1S/C15H17N3O.C2H6/c1-2-3-9-18-15(19)12-7-6-11-17-14(12)13-8-4-5-10-16-13;1-2/h4-8,10-11H,2-3,9H2,1H3,(H,18,19);1-2H3. The van der Waals surface area contributed by atoms with Crippen molar-refractivity contribution in [3.63, 3.8) is 0 Å². The molecule has 4 nitrogen and oxygen atoms in total. The van der Waals surface area contributed by atoms with Crippen LogP contribution in [0.25, 0.3) is 11.4 Å². The lowest BCUT2D eigenvalue weighted by atomic mass is 10.1. The maximum Gasteiger partial charge on any atom is 0.253 e. The van der Waals surface area contributed by atoms with Crippen molar-refractivity contribution in [2.24, 2.45) is 0 Å². The van der Waals surface area contributed by atoms with Crippen molar-refractivity contribution in [3.05, 3.63) is 48.3 Å². The van der Waals surface area contributed by atoms with Gasteiger partial charge in [0.05, 0.1) is 11.3 Å². The van der Waals surface area contributed by atoms with Gasteiger partial charge in [0.2, 0.25) is 0 Å². The molecular formula is C17H23N3O. The first-order valence-corrected chi connectivity index (χ1v) is 7.47. The van der Waals surface area contributed by atoms with E-state index in [-0.39, 0.29) is 5.91 Å². The number of unbranched alkanes of at least 4 members (excludes halogenated alkanes) is 1. The van der Waals surface area contributed by atoms with Crippen LogP contribution in [0, 0.1) is 0 Å². The smallest absolute Gasteiger partial charge is 0.253 e. The van der Waals surface area contributed by atoms with Crippen molar-refractivity contribution in [1.29, 1.82) is 0 Å². The van der Waals surface area contributed by atoms with Gasteiger partial charge in [-0.15, -0.1) is 0 Å². The van der Waals surface area contributed by atoms with E-state index in [0.29, 0.717) is 23.5 Å². The number of nitrogens with one attached hydrogen (secondary N) is 1. The molecule has 0 aliphatic heterocycles. The number of rotatable bonds is 5. The molecule has 0 fully saturated rings. The number of amides is 1. The molecule has 2 aromatic rings. The van der Waals surface area contributed by atoms with E-state index in [1.54, 1.807) is 24.5 Å². The van der Waals surface area contributed by atoms with Crippen LogP contribution in [-0.2, 0) is 0 Å². The Morgan fingerprint density at radius 3 is 2.52 bits per heavy atom. The fourth-order valence-corrected chi connectivity index (χ4v) is 1.77. The third-order valence-corrected chi connectivity index (χ3v) is 2.78. The van der Waals surface area contributed by atoms with E-state index in [9.17, 15) is 4.79 Å². The predicted molar refractivity (Wildman–Crippen MR) is 86.1 cm³/mol. The maximum absolute atomic E-state index is 12.1. The van der Waals surface area contributed by atoms with Gasteiger partial charge in [-0.1, -0.05) is 33.3 Å². The van der Waals surface area contributed by atoms with Crippen LogP contribution in [0.3, 0.4) is 0 Å². The highest BCUT2D eigenvalue weighted by molar-refractivity contribution is 5.99. The third-order valence-electron chi connectivity index (χ3n) is 2.78. The zero-order valence-corrected chi connectivity index (χ0v) is 13.0. The lowest BCUT2D eigenvalue weighted by Crippen LogP contribution is -2.25. The van der Waals surface area contributed by atoms with Gasteiger partial charge in [0, 0.05) is 18.9 Å². The van der Waals surface area contributed by atoms with Crippen molar-refractivity contribution in [2.75, 3.05) is 6.54 Å². The van der Waals surface area contributed by atoms with E-state index < -0.39 is 0 Å². The van der Waals surface area contributed by atoms with E-state index in [1.165, 1.54) is 0 Å². The third kappa shape index (κ3) is 4.99. The van der Waals surface area contributed by atoms with E-state index in [0.717, 1.165) is 12.8 Å². The molecule has 1 amide bonds. The Morgan fingerprint density at radius 2 is 1.86 bits per heavy atom. The molecule has 0 aromatic carbocycles. The summed E-state index contributed by atoms with van der Waals surface area (Å²) in [5.41, 5.74) is 1.90. The van der Waals surface area contributed by atoms with E-state index in [1.807, 2.05) is 32.0 Å². The minimum absolute atomic E-state index is 0.0952. The van der Waals surface area contributed by atoms with Crippen molar-refractivity contribution < 1.29 is 4.79 Å². The molecule has 1 N–H and O–H groups in total. The van der Waals surface area contributed by atoms with Gasteiger partial charge in [-0.3, -0.25) is 14.8 Å². The summed E-state index contributed by atoms with van der Waals surface area (Å²) in [5, 5.41) is 2.90. The number of carbonyl (C=O) groups excluding carboxylic acids is 1. The molecule has 2 rings (SSSR count). The molecule has 0 unspecified atom stereocenters. The molecule has 0 aliphatic carbocycles. The predicted octanol–water partition coefficient (Wildman–Crippen LogP) is 3.70. The van der Waals surface area contributed by atoms with Crippen molar-refractivity contribution in [3.8, 4) is 11.4 Å². The Hall–Kier alpha value is -2.23. The SMILES string of the molecule is CC.CCCCNC(=O)c1cccnc1-c1ccccn1. The van der Waals surface area contributed by atoms with Crippen molar-refractivity contribution in [1.82, 2.24) is 15.3 Å². The molecule has 0 saturated carbocycles. The summed E-state index contributed by atoms with van der Waals surface area (Å²) in [6.45, 7) is 6.78. The highest BCUT2D eigenvalue weighted by Gasteiger charge is 2.13. The van der Waals surface area contributed by atoms with Crippen molar-refractivity contribution >= 4 is 5.91 Å². The Kier molecular flexibility index (Phi) is 7.72. The molecule has 2 heterocycles. The second-order valence-corrected chi connectivity index (χ2v) is 4.22. The van der Waals surface area contributed by atoms with Crippen LogP contribution in [0.2, 0.25) is 0 Å². The Balaban J connectivity index is 0.00000106. The molecule has 2 aromatic heterocycles. The second kappa shape index (κ2) is 9.64. The first-order chi connectivity index (χ1) is 10.3. The summed E-state index contributed by atoms with van der Waals surface area (Å²) >= 11 is 0. The van der Waals surface area contributed by atoms with Crippen LogP contribution in [0.15, 0.2) is 42.7 Å². The highest BCUT2D eigenvalue weighted by atomic mass is 16.1. The second-order valence-electron chi connectivity index (χ2n) is 4.22. The number of nitrogens with zero attached hydrogens (tertiary/aromatic N) is 2. The molecule has 4 heteroatoms. The van der Waals surface area contributed by atoms with Gasteiger partial charge >= 0.3 is 0 Å². The van der Waals surface area contributed by atoms with Gasteiger partial charge in [-0.25, -0.2) is 0 Å². The van der Waals surface area contributed by atoms with Gasteiger partial charge in [0.25, 0.3) is 5.91 Å². The van der Waals surface area contributed by atoms with Crippen LogP contribution in [0.1, 0.15) is 44.0 Å². The number of hydrogen-bond acceptors (Lipinski definition) is 3. The topological polar surface area (TPSA) is 54.9 Å². The lowest BCUT2D eigenvalue weighted by molar-refractivity contribution is 0.0953. The summed E-state index contributed by atoms with van der Waals surface area (Å²) < 4.78 is 0. The highest BCUT2D eigenvalue weighted by Crippen LogP contribution is 2.18. The summed E-state index contributed by atoms with van der Waals surface area (Å²) in [6, 6.07) is 9.12. The molecule has 0 spiro atoms. The first-order valence-electron chi connectivity index (χ1n) is 7.47.